The van der Waals surface area contributed by atoms with E-state index in [-0.39, 0.29) is 62.3 Å². The van der Waals surface area contributed by atoms with Crippen LogP contribution in [0.2, 0.25) is 0 Å². The Balaban J connectivity index is 0.000000845. The van der Waals surface area contributed by atoms with Crippen molar-refractivity contribution in [2.75, 3.05) is 0 Å². The number of imide groups is 1. The second-order valence-electron chi connectivity index (χ2n) is 3.44. The summed E-state index contributed by atoms with van der Waals surface area (Å²) >= 11 is 0. The monoisotopic (exact) mass is 253 g/mol. The molecule has 67 valence electrons. The molecule has 3 nitrogen and oxygen atoms in total. The third kappa shape index (κ3) is 1.77. The van der Waals surface area contributed by atoms with Crippen molar-refractivity contribution in [3.8, 4) is 0 Å². The number of amides is 2. The van der Waals surface area contributed by atoms with Crippen LogP contribution in [0.1, 0.15) is 13.3 Å². The second-order valence-corrected chi connectivity index (χ2v) is 3.44. The van der Waals surface area contributed by atoms with Crippen LogP contribution in [0.25, 0.3) is 5.32 Å². The zero-order valence-corrected chi connectivity index (χ0v) is 10.3. The van der Waals surface area contributed by atoms with Gasteiger partial charge in [0, 0.05) is 44.5 Å². The molecule has 0 bridgehead atoms. The number of allylic oxidation sites excluding steroid dienone is 2. The van der Waals surface area contributed by atoms with Crippen LogP contribution in [-0.2, 0) is 42.3 Å². The van der Waals surface area contributed by atoms with Crippen molar-refractivity contribution in [2.45, 2.75) is 13.3 Å². The number of carbonyl (C=O) groups excluding carboxylic acids is 2. The maximum atomic E-state index is 11.2. The van der Waals surface area contributed by atoms with Gasteiger partial charge in [-0.1, -0.05) is 19.1 Å². The molecule has 0 saturated carbocycles. The van der Waals surface area contributed by atoms with E-state index < -0.39 is 0 Å². The molecule has 3 atom stereocenters. The Labute approximate surface area is 102 Å². The summed E-state index contributed by atoms with van der Waals surface area (Å²) < 4.78 is 0. The molecule has 3 unspecified atom stereocenters. The molecule has 0 N–H and O–H groups in total. The van der Waals surface area contributed by atoms with E-state index in [1.807, 2.05) is 19.1 Å². The molecule has 2 rings (SSSR count). The Morgan fingerprint density at radius 3 is 2.69 bits per heavy atom. The zero-order chi connectivity index (χ0) is 8.72. The number of hydrogen-bond acceptors (Lipinski definition) is 2. The van der Waals surface area contributed by atoms with E-state index in [1.54, 1.807) is 0 Å². The molecule has 0 aromatic heterocycles. The molecule has 4 heteroatoms. The standard InChI is InChI=1S/C9H11NO2.Y/c1-5-3-2-4-6-7(5)9(12)10-8(6)11;/h2-3,5-7H,4H2,1H3,(H,10,11,12);/p-1. The van der Waals surface area contributed by atoms with E-state index >= 15 is 0 Å². The summed E-state index contributed by atoms with van der Waals surface area (Å²) in [7, 11) is 0. The molecule has 1 heterocycles. The number of hydrogen-bond donors (Lipinski definition) is 0. The normalized spacial score (nSPS) is 36.5. The fraction of sp³-hybridized carbons (Fsp3) is 0.556. The molecule has 0 aromatic carbocycles. The summed E-state index contributed by atoms with van der Waals surface area (Å²) in [5.74, 6) is -0.588. The van der Waals surface area contributed by atoms with Crippen molar-refractivity contribution in [3.63, 3.8) is 0 Å². The molecular formula is C9H10NO2Y-. The van der Waals surface area contributed by atoms with E-state index in [0.717, 1.165) is 0 Å². The van der Waals surface area contributed by atoms with Crippen molar-refractivity contribution in [2.24, 2.45) is 17.8 Å². The fourth-order valence-corrected chi connectivity index (χ4v) is 1.99. The van der Waals surface area contributed by atoms with Gasteiger partial charge in [0.05, 0.1) is 11.8 Å². The van der Waals surface area contributed by atoms with Gasteiger partial charge in [0.2, 0.25) is 0 Å². The quantitative estimate of drug-likeness (QED) is 0.482. The van der Waals surface area contributed by atoms with Crippen LogP contribution < -0.4 is 0 Å². The molecule has 1 saturated heterocycles. The molecular weight excluding hydrogens is 243 g/mol. The predicted octanol–water partition coefficient (Wildman–Crippen LogP) is 1.25. The first kappa shape index (κ1) is 11.1. The Morgan fingerprint density at radius 2 is 2.08 bits per heavy atom. The van der Waals surface area contributed by atoms with Gasteiger partial charge in [0.15, 0.2) is 0 Å². The van der Waals surface area contributed by atoms with Gasteiger partial charge in [0.1, 0.15) is 0 Å². The predicted molar refractivity (Wildman–Crippen MR) is 43.3 cm³/mol. The number of carbonyl (C=O) groups is 2. The average molecular weight is 253 g/mol. The summed E-state index contributed by atoms with van der Waals surface area (Å²) in [4.78, 5) is 22.4. The summed E-state index contributed by atoms with van der Waals surface area (Å²) in [6.45, 7) is 1.96. The van der Waals surface area contributed by atoms with Crippen LogP contribution in [0.5, 0.6) is 0 Å². The molecule has 1 aliphatic heterocycles. The van der Waals surface area contributed by atoms with Gasteiger partial charge in [0.25, 0.3) is 0 Å². The Hall–Kier alpha value is -0.0161. The van der Waals surface area contributed by atoms with Crippen molar-refractivity contribution in [1.82, 2.24) is 0 Å². The maximum absolute atomic E-state index is 11.2. The number of nitrogens with zero attached hydrogens (tertiary/aromatic N) is 1. The van der Waals surface area contributed by atoms with Crippen LogP contribution in [0.4, 0.5) is 0 Å². The molecule has 2 aliphatic rings. The van der Waals surface area contributed by atoms with Crippen LogP contribution in [0.15, 0.2) is 12.2 Å². The van der Waals surface area contributed by atoms with Crippen LogP contribution >= 0.6 is 0 Å². The van der Waals surface area contributed by atoms with Crippen LogP contribution in [-0.4, -0.2) is 11.8 Å². The molecule has 2 amide bonds. The van der Waals surface area contributed by atoms with Crippen molar-refractivity contribution in [1.29, 1.82) is 0 Å². The third-order valence-corrected chi connectivity index (χ3v) is 2.65. The van der Waals surface area contributed by atoms with Crippen molar-refractivity contribution >= 4 is 11.8 Å². The molecule has 1 fully saturated rings. The third-order valence-electron chi connectivity index (χ3n) is 2.65. The van der Waals surface area contributed by atoms with Gasteiger partial charge < -0.3 is 14.9 Å². The van der Waals surface area contributed by atoms with E-state index in [9.17, 15) is 9.59 Å². The van der Waals surface area contributed by atoms with Gasteiger partial charge in [-0.15, -0.1) is 0 Å². The summed E-state index contributed by atoms with van der Waals surface area (Å²) in [6.07, 6.45) is 4.65. The Bertz CT molecular complexity index is 275. The average Bonchev–Trinajstić information content (AvgIpc) is 2.29. The van der Waals surface area contributed by atoms with E-state index in [0.29, 0.717) is 6.42 Å². The molecule has 0 aromatic rings. The van der Waals surface area contributed by atoms with Gasteiger partial charge in [-0.05, 0) is 12.3 Å². The van der Waals surface area contributed by atoms with Gasteiger partial charge in [-0.3, -0.25) is 0 Å². The second kappa shape index (κ2) is 4.01. The Morgan fingerprint density at radius 1 is 1.38 bits per heavy atom. The van der Waals surface area contributed by atoms with Gasteiger partial charge >= 0.3 is 0 Å². The van der Waals surface area contributed by atoms with Crippen LogP contribution in [0.3, 0.4) is 0 Å². The zero-order valence-electron chi connectivity index (χ0n) is 7.43. The van der Waals surface area contributed by atoms with Crippen molar-refractivity contribution in [3.05, 3.63) is 17.5 Å². The SMILES string of the molecule is CC1C=CCC2C(=O)[N-]C(=O)C12.[Y]. The summed E-state index contributed by atoms with van der Waals surface area (Å²) in [5.41, 5.74) is 0. The smallest absolute Gasteiger partial charge is 0.0609 e. The fourth-order valence-electron chi connectivity index (χ4n) is 1.99. The van der Waals surface area contributed by atoms with Crippen molar-refractivity contribution < 1.29 is 42.3 Å². The first-order chi connectivity index (χ1) is 5.70. The minimum absolute atomic E-state index is 0. The minimum atomic E-state index is -0.221. The largest absolute Gasteiger partial charge is 0.595 e. The van der Waals surface area contributed by atoms with E-state index in [4.69, 9.17) is 0 Å². The first-order valence-electron chi connectivity index (χ1n) is 4.16. The molecule has 0 spiro atoms. The van der Waals surface area contributed by atoms with Gasteiger partial charge in [-0.2, -0.15) is 0 Å². The summed E-state index contributed by atoms with van der Waals surface area (Å²) in [6, 6.07) is 0. The topological polar surface area (TPSA) is 48.2 Å². The molecule has 1 radical (unpaired) electrons. The minimum Gasteiger partial charge on any atom is -0.595 e. The first-order valence-corrected chi connectivity index (χ1v) is 4.16. The van der Waals surface area contributed by atoms with E-state index in [2.05, 4.69) is 5.32 Å². The van der Waals surface area contributed by atoms with Crippen LogP contribution in [0, 0.1) is 17.8 Å². The number of rotatable bonds is 0. The van der Waals surface area contributed by atoms with E-state index in [1.165, 1.54) is 0 Å². The maximum Gasteiger partial charge on any atom is 0.0609 e. The van der Waals surface area contributed by atoms with Gasteiger partial charge in [-0.25, -0.2) is 0 Å². The molecule has 13 heavy (non-hydrogen) atoms. The summed E-state index contributed by atoms with van der Waals surface area (Å²) in [5, 5.41) is 3.47. The molecule has 1 aliphatic carbocycles. The number of fused-ring (bicyclic) bond motifs is 1. The Kier molecular flexibility index (Phi) is 3.41.